The van der Waals surface area contributed by atoms with E-state index in [0.29, 0.717) is 28.6 Å². The number of unbranched alkanes of at least 4 members (excludes halogenated alkanes) is 1. The zero-order valence-electron chi connectivity index (χ0n) is 23.0. The van der Waals surface area contributed by atoms with Gasteiger partial charge in [-0.2, -0.15) is 5.26 Å². The smallest absolute Gasteiger partial charge is 0.142 e. The van der Waals surface area contributed by atoms with Crippen molar-refractivity contribution >= 4 is 39.4 Å². The third-order valence-electron chi connectivity index (χ3n) is 6.60. The van der Waals surface area contributed by atoms with Gasteiger partial charge < -0.3 is 31.7 Å². The number of nitrogens with one attached hydrogen (secondary N) is 2. The van der Waals surface area contributed by atoms with Crippen molar-refractivity contribution in [3.63, 3.8) is 0 Å². The molecule has 0 saturated heterocycles. The van der Waals surface area contributed by atoms with Crippen molar-refractivity contribution in [3.8, 4) is 28.7 Å². The Labute approximate surface area is 259 Å². The summed E-state index contributed by atoms with van der Waals surface area (Å²) in [6.07, 6.45) is 6.43. The van der Waals surface area contributed by atoms with Crippen LogP contribution in [0, 0.1) is 16.7 Å². The van der Waals surface area contributed by atoms with E-state index in [2.05, 4.69) is 32.3 Å². The molecule has 4 rings (SSSR count). The van der Waals surface area contributed by atoms with Gasteiger partial charge in [0.05, 0.1) is 10.6 Å². The van der Waals surface area contributed by atoms with Crippen molar-refractivity contribution in [2.45, 2.75) is 32.6 Å². The summed E-state index contributed by atoms with van der Waals surface area (Å²) in [5, 5.41) is 21.1. The van der Waals surface area contributed by atoms with Gasteiger partial charge in [-0.3, -0.25) is 4.98 Å². The van der Waals surface area contributed by atoms with Gasteiger partial charge in [-0.15, -0.1) is 0 Å². The van der Waals surface area contributed by atoms with Crippen LogP contribution in [0.25, 0.3) is 11.1 Å². The number of ether oxygens (including phenoxy) is 2. The molecule has 8 nitrogen and oxygen atoms in total. The minimum absolute atomic E-state index is 0.209. The molecule has 6 N–H and O–H groups in total. The van der Waals surface area contributed by atoms with E-state index in [1.165, 1.54) is 12.4 Å². The molecule has 1 heterocycles. The maximum Gasteiger partial charge on any atom is 0.142 e. The molecule has 0 bridgehead atoms. The van der Waals surface area contributed by atoms with E-state index in [9.17, 15) is 0 Å². The Bertz CT molecular complexity index is 1590. The molecule has 0 aliphatic rings. The normalized spacial score (nSPS) is 10.6. The number of aromatic nitrogens is 1. The van der Waals surface area contributed by atoms with Crippen molar-refractivity contribution < 1.29 is 9.47 Å². The molecule has 216 valence electrons. The molecule has 0 amide bonds. The van der Waals surface area contributed by atoms with Crippen LogP contribution in [-0.4, -0.2) is 24.3 Å². The third kappa shape index (κ3) is 7.66. The molecule has 0 spiro atoms. The molecule has 1 aromatic heterocycles. The maximum atomic E-state index is 9.14. The molecular weight excluding hydrogens is 616 g/mol. The first-order valence-electron chi connectivity index (χ1n) is 13.5. The average molecular weight is 648 g/mol. The number of nitriles is 1. The van der Waals surface area contributed by atoms with Gasteiger partial charge in [0.1, 0.15) is 30.8 Å². The lowest BCUT2D eigenvalue weighted by molar-refractivity contribution is 0.287. The van der Waals surface area contributed by atoms with Crippen LogP contribution < -0.4 is 26.3 Å². The predicted molar refractivity (Wildman–Crippen MR) is 171 cm³/mol. The van der Waals surface area contributed by atoms with E-state index in [1.807, 2.05) is 36.4 Å². The molecule has 0 unspecified atom stereocenters. The first-order chi connectivity index (χ1) is 20.5. The highest BCUT2D eigenvalue weighted by molar-refractivity contribution is 9.10. The highest BCUT2D eigenvalue weighted by Crippen LogP contribution is 2.37. The van der Waals surface area contributed by atoms with Gasteiger partial charge in [-0.05, 0) is 64.6 Å². The van der Waals surface area contributed by atoms with Crippen molar-refractivity contribution in [1.82, 2.24) is 4.98 Å². The average Bonchev–Trinajstić information content (AvgIpc) is 3.02. The summed E-state index contributed by atoms with van der Waals surface area (Å²) in [6, 6.07) is 19.2. The van der Waals surface area contributed by atoms with E-state index >= 15 is 0 Å². The summed E-state index contributed by atoms with van der Waals surface area (Å²) < 4.78 is 13.1. The van der Waals surface area contributed by atoms with Gasteiger partial charge in [0.25, 0.3) is 0 Å². The number of hydrogen-bond donors (Lipinski definition) is 4. The van der Waals surface area contributed by atoms with Crippen LogP contribution >= 0.6 is 27.5 Å². The minimum Gasteiger partial charge on any atom is -0.488 e. The minimum atomic E-state index is 0.209. The first-order valence-corrected chi connectivity index (χ1v) is 14.6. The summed E-state index contributed by atoms with van der Waals surface area (Å²) in [5.74, 6) is 0.993. The Balaban J connectivity index is 1.54. The van der Waals surface area contributed by atoms with Gasteiger partial charge >= 0.3 is 0 Å². The number of halogens is 2. The van der Waals surface area contributed by atoms with Crippen LogP contribution in [-0.2, 0) is 19.8 Å². The lowest BCUT2D eigenvalue weighted by Gasteiger charge is -2.17. The molecule has 3 aromatic carbocycles. The van der Waals surface area contributed by atoms with Gasteiger partial charge in [0, 0.05) is 70.2 Å². The standard InChI is InChI=1S/C32H32BrClN6O2/c33-32-23(5-3-7-26(32)25-6-4-8-29(27(25)16-38)40-10-2-1-9-35)20-42-31-13-30(24(15-37)12-28(31)34)41-19-22-11-21(14-36)17-39-18-22/h3-8,11-13,16-18,38,40H,1-2,9-10,15,19-20,35,37H2. The van der Waals surface area contributed by atoms with Gasteiger partial charge in [0.2, 0.25) is 0 Å². The fourth-order valence-corrected chi connectivity index (χ4v) is 5.26. The van der Waals surface area contributed by atoms with Crippen LogP contribution in [0.4, 0.5) is 5.69 Å². The molecular formula is C32H32BrClN6O2. The highest BCUT2D eigenvalue weighted by Gasteiger charge is 2.16. The Morgan fingerprint density at radius 2 is 1.76 bits per heavy atom. The van der Waals surface area contributed by atoms with E-state index in [1.54, 1.807) is 24.4 Å². The lowest BCUT2D eigenvalue weighted by Crippen LogP contribution is -2.08. The topological polar surface area (TPSA) is 143 Å². The maximum absolute atomic E-state index is 9.14. The van der Waals surface area contributed by atoms with Crippen LogP contribution in [0.2, 0.25) is 5.02 Å². The number of anilines is 1. The fourth-order valence-electron chi connectivity index (χ4n) is 4.43. The van der Waals surface area contributed by atoms with Crippen molar-refractivity contribution in [1.29, 1.82) is 10.7 Å². The summed E-state index contributed by atoms with van der Waals surface area (Å²) in [6.45, 7) is 2.12. The zero-order chi connectivity index (χ0) is 29.9. The van der Waals surface area contributed by atoms with Gasteiger partial charge in [0.15, 0.2) is 0 Å². The Morgan fingerprint density at radius 3 is 2.52 bits per heavy atom. The summed E-state index contributed by atoms with van der Waals surface area (Å²) in [4.78, 5) is 4.08. The van der Waals surface area contributed by atoms with Crippen LogP contribution in [0.5, 0.6) is 11.5 Å². The molecule has 42 heavy (non-hydrogen) atoms. The summed E-state index contributed by atoms with van der Waals surface area (Å²) in [5.41, 5.74) is 18.0. The van der Waals surface area contributed by atoms with Crippen LogP contribution in [0.1, 0.15) is 40.7 Å². The highest BCUT2D eigenvalue weighted by atomic mass is 79.9. The molecule has 0 aliphatic carbocycles. The number of nitrogens with zero attached hydrogens (tertiary/aromatic N) is 2. The quantitative estimate of drug-likeness (QED) is 0.0870. The van der Waals surface area contributed by atoms with Crippen molar-refractivity contribution in [2.24, 2.45) is 11.5 Å². The van der Waals surface area contributed by atoms with Crippen LogP contribution in [0.15, 0.2) is 71.5 Å². The number of pyridine rings is 1. The molecule has 4 aromatic rings. The van der Waals surface area contributed by atoms with Gasteiger partial charge in [-0.25, -0.2) is 0 Å². The Hall–Kier alpha value is -3.94. The monoisotopic (exact) mass is 646 g/mol. The third-order valence-corrected chi connectivity index (χ3v) is 7.83. The number of nitrogens with two attached hydrogens (primary N) is 2. The molecule has 0 fully saturated rings. The van der Waals surface area contributed by atoms with E-state index in [4.69, 9.17) is 43.2 Å². The molecule has 0 saturated carbocycles. The largest absolute Gasteiger partial charge is 0.488 e. The van der Waals surface area contributed by atoms with E-state index in [0.717, 1.165) is 62.9 Å². The van der Waals surface area contributed by atoms with Gasteiger partial charge in [-0.1, -0.05) is 41.9 Å². The molecule has 0 aliphatic heterocycles. The van der Waals surface area contributed by atoms with Crippen LogP contribution in [0.3, 0.4) is 0 Å². The second-order valence-corrected chi connectivity index (χ2v) is 10.7. The van der Waals surface area contributed by atoms with Crippen molar-refractivity contribution in [3.05, 3.63) is 104 Å². The second kappa shape index (κ2) is 15.3. The molecule has 0 atom stereocenters. The van der Waals surface area contributed by atoms with Crippen molar-refractivity contribution in [2.75, 3.05) is 18.4 Å². The zero-order valence-corrected chi connectivity index (χ0v) is 25.3. The number of hydrogen-bond acceptors (Lipinski definition) is 8. The predicted octanol–water partition coefficient (Wildman–Crippen LogP) is 6.80. The first kappa shape index (κ1) is 31.0. The number of benzene rings is 3. The summed E-state index contributed by atoms with van der Waals surface area (Å²) >= 11 is 10.3. The number of rotatable bonds is 14. The van der Waals surface area contributed by atoms with E-state index in [-0.39, 0.29) is 19.8 Å². The summed E-state index contributed by atoms with van der Waals surface area (Å²) in [7, 11) is 0. The van der Waals surface area contributed by atoms with E-state index < -0.39 is 0 Å². The Kier molecular flexibility index (Phi) is 11.3. The SMILES string of the molecule is N#Cc1cncc(COc2cc(OCc3cccc(-c4cccc(NCCCCN)c4C=N)c3Br)c(Cl)cc2CN)c1. The molecule has 0 radical (unpaired) electrons. The fraction of sp³-hybridized carbons (Fsp3) is 0.219. The lowest BCUT2D eigenvalue weighted by atomic mass is 9.97. The Morgan fingerprint density at radius 1 is 0.976 bits per heavy atom. The molecule has 10 heteroatoms. The second-order valence-electron chi connectivity index (χ2n) is 9.48.